The van der Waals surface area contributed by atoms with Crippen LogP contribution in [0.4, 0.5) is 0 Å². The molecule has 0 radical (unpaired) electrons. The quantitative estimate of drug-likeness (QED) is 0.882. The van der Waals surface area contributed by atoms with Crippen LogP contribution < -0.4 is 5.32 Å². The van der Waals surface area contributed by atoms with E-state index in [0.717, 1.165) is 18.5 Å². The molecule has 0 aliphatic rings. The van der Waals surface area contributed by atoms with Crippen molar-refractivity contribution in [1.29, 1.82) is 0 Å². The van der Waals surface area contributed by atoms with Crippen LogP contribution in [0.15, 0.2) is 28.9 Å². The number of furan rings is 1. The molecule has 0 saturated heterocycles. The minimum absolute atomic E-state index is 0.983. The SMILES string of the molecule is CNCCc1coc2ccc(I)cc12. The Balaban J connectivity index is 2.40. The summed E-state index contributed by atoms with van der Waals surface area (Å²) < 4.78 is 6.72. The Kier molecular flexibility index (Phi) is 3.08. The fourth-order valence-electron chi connectivity index (χ4n) is 1.51. The summed E-state index contributed by atoms with van der Waals surface area (Å²) in [5, 5.41) is 4.38. The van der Waals surface area contributed by atoms with Crippen LogP contribution in [-0.4, -0.2) is 13.6 Å². The predicted octanol–water partition coefficient (Wildman–Crippen LogP) is 2.80. The summed E-state index contributed by atoms with van der Waals surface area (Å²) in [5.74, 6) is 0. The maximum Gasteiger partial charge on any atom is 0.134 e. The van der Waals surface area contributed by atoms with Crippen LogP contribution in [0.3, 0.4) is 0 Å². The smallest absolute Gasteiger partial charge is 0.134 e. The molecule has 1 aromatic heterocycles. The van der Waals surface area contributed by atoms with Crippen molar-refractivity contribution < 1.29 is 4.42 Å². The van der Waals surface area contributed by atoms with Crippen molar-refractivity contribution in [3.63, 3.8) is 0 Å². The Morgan fingerprint density at radius 2 is 2.29 bits per heavy atom. The summed E-state index contributed by atoms with van der Waals surface area (Å²) in [6, 6.07) is 6.26. The van der Waals surface area contributed by atoms with E-state index in [4.69, 9.17) is 4.42 Å². The van der Waals surface area contributed by atoms with Gasteiger partial charge < -0.3 is 9.73 Å². The lowest BCUT2D eigenvalue weighted by molar-refractivity contribution is 0.608. The van der Waals surface area contributed by atoms with E-state index in [1.807, 2.05) is 19.4 Å². The molecule has 1 aromatic carbocycles. The standard InChI is InChI=1S/C11H12INO/c1-13-5-4-8-7-14-11-3-2-9(12)6-10(8)11/h2-3,6-7,13H,4-5H2,1H3. The predicted molar refractivity (Wildman–Crippen MR) is 66.6 cm³/mol. The molecule has 0 aliphatic heterocycles. The van der Waals surface area contributed by atoms with Gasteiger partial charge in [-0.05, 0) is 66.4 Å². The molecule has 0 spiro atoms. The van der Waals surface area contributed by atoms with Crippen LogP contribution in [0.5, 0.6) is 0 Å². The number of hydrogen-bond acceptors (Lipinski definition) is 2. The Morgan fingerprint density at radius 1 is 1.43 bits per heavy atom. The van der Waals surface area contributed by atoms with Gasteiger partial charge in [-0.25, -0.2) is 0 Å². The summed E-state index contributed by atoms with van der Waals surface area (Å²) in [7, 11) is 1.96. The second-order valence-corrected chi connectivity index (χ2v) is 4.50. The molecule has 1 heterocycles. The van der Waals surface area contributed by atoms with E-state index >= 15 is 0 Å². The van der Waals surface area contributed by atoms with Gasteiger partial charge in [-0.2, -0.15) is 0 Å². The highest BCUT2D eigenvalue weighted by molar-refractivity contribution is 14.1. The summed E-state index contributed by atoms with van der Waals surface area (Å²) >= 11 is 2.32. The Hall–Kier alpha value is -0.550. The van der Waals surface area contributed by atoms with Gasteiger partial charge >= 0.3 is 0 Å². The fourth-order valence-corrected chi connectivity index (χ4v) is 2.00. The summed E-state index contributed by atoms with van der Waals surface area (Å²) in [6.07, 6.45) is 2.88. The first-order chi connectivity index (χ1) is 6.81. The average Bonchev–Trinajstić information content (AvgIpc) is 2.57. The van der Waals surface area contributed by atoms with Crippen LogP contribution in [0.25, 0.3) is 11.0 Å². The highest BCUT2D eigenvalue weighted by atomic mass is 127. The first kappa shape index (κ1) is 9.98. The van der Waals surface area contributed by atoms with Crippen LogP contribution in [0, 0.1) is 3.57 Å². The van der Waals surface area contributed by atoms with E-state index in [2.05, 4.69) is 40.0 Å². The van der Waals surface area contributed by atoms with E-state index < -0.39 is 0 Å². The van der Waals surface area contributed by atoms with E-state index in [9.17, 15) is 0 Å². The van der Waals surface area contributed by atoms with Gasteiger partial charge in [0.1, 0.15) is 5.58 Å². The van der Waals surface area contributed by atoms with Gasteiger partial charge in [0.2, 0.25) is 0 Å². The number of fused-ring (bicyclic) bond motifs is 1. The molecule has 0 amide bonds. The molecule has 2 nitrogen and oxygen atoms in total. The minimum Gasteiger partial charge on any atom is -0.464 e. The normalized spacial score (nSPS) is 11.0. The number of halogens is 1. The molecule has 0 aliphatic carbocycles. The minimum atomic E-state index is 0.983. The van der Waals surface area contributed by atoms with Crippen molar-refractivity contribution in [1.82, 2.24) is 5.32 Å². The summed E-state index contributed by atoms with van der Waals surface area (Å²) in [6.45, 7) is 0.986. The van der Waals surface area contributed by atoms with E-state index in [-0.39, 0.29) is 0 Å². The van der Waals surface area contributed by atoms with Gasteiger partial charge in [-0.1, -0.05) is 0 Å². The third-order valence-electron chi connectivity index (χ3n) is 2.26. The van der Waals surface area contributed by atoms with E-state index in [1.54, 1.807) is 0 Å². The molecule has 74 valence electrons. The lowest BCUT2D eigenvalue weighted by Crippen LogP contribution is -2.09. The first-order valence-corrected chi connectivity index (χ1v) is 5.69. The molecule has 2 aromatic rings. The maximum atomic E-state index is 5.47. The zero-order valence-electron chi connectivity index (χ0n) is 8.01. The molecule has 3 heteroatoms. The summed E-state index contributed by atoms with van der Waals surface area (Å²) in [5.41, 5.74) is 2.27. The molecule has 1 N–H and O–H groups in total. The Labute approximate surface area is 96.8 Å². The summed E-state index contributed by atoms with van der Waals surface area (Å²) in [4.78, 5) is 0. The lowest BCUT2D eigenvalue weighted by atomic mass is 10.1. The van der Waals surface area contributed by atoms with Crippen LogP contribution >= 0.6 is 22.6 Å². The zero-order chi connectivity index (χ0) is 9.97. The molecule has 0 atom stereocenters. The topological polar surface area (TPSA) is 25.2 Å². The number of nitrogens with one attached hydrogen (secondary N) is 1. The molecule has 0 fully saturated rings. The first-order valence-electron chi connectivity index (χ1n) is 4.61. The zero-order valence-corrected chi connectivity index (χ0v) is 10.2. The molecule has 2 rings (SSSR count). The van der Waals surface area contributed by atoms with Crippen LogP contribution in [0.2, 0.25) is 0 Å². The van der Waals surface area contributed by atoms with Crippen molar-refractivity contribution >= 4 is 33.6 Å². The highest BCUT2D eigenvalue weighted by Gasteiger charge is 2.05. The van der Waals surface area contributed by atoms with Crippen molar-refractivity contribution in [3.8, 4) is 0 Å². The van der Waals surface area contributed by atoms with Crippen molar-refractivity contribution in [2.75, 3.05) is 13.6 Å². The lowest BCUT2D eigenvalue weighted by Gasteiger charge is -1.97. The molecular weight excluding hydrogens is 289 g/mol. The molecule has 0 unspecified atom stereocenters. The molecular formula is C11H12INO. The Bertz CT molecular complexity index is 436. The van der Waals surface area contributed by atoms with E-state index in [0.29, 0.717) is 0 Å². The third kappa shape index (κ3) is 1.93. The number of benzene rings is 1. The fraction of sp³-hybridized carbons (Fsp3) is 0.273. The van der Waals surface area contributed by atoms with Crippen molar-refractivity contribution in [2.45, 2.75) is 6.42 Å². The van der Waals surface area contributed by atoms with Gasteiger partial charge in [0.15, 0.2) is 0 Å². The molecule has 0 bridgehead atoms. The van der Waals surface area contributed by atoms with Gasteiger partial charge in [0.25, 0.3) is 0 Å². The third-order valence-corrected chi connectivity index (χ3v) is 2.93. The van der Waals surface area contributed by atoms with Crippen LogP contribution in [0.1, 0.15) is 5.56 Å². The van der Waals surface area contributed by atoms with Gasteiger partial charge in [-0.15, -0.1) is 0 Å². The molecule has 0 saturated carbocycles. The largest absolute Gasteiger partial charge is 0.464 e. The number of rotatable bonds is 3. The van der Waals surface area contributed by atoms with Crippen molar-refractivity contribution in [3.05, 3.63) is 33.6 Å². The van der Waals surface area contributed by atoms with E-state index in [1.165, 1.54) is 14.5 Å². The molecule has 14 heavy (non-hydrogen) atoms. The van der Waals surface area contributed by atoms with Gasteiger partial charge in [-0.3, -0.25) is 0 Å². The van der Waals surface area contributed by atoms with Gasteiger partial charge in [0, 0.05) is 8.96 Å². The maximum absolute atomic E-state index is 5.47. The Morgan fingerprint density at radius 3 is 3.07 bits per heavy atom. The number of hydrogen-bond donors (Lipinski definition) is 1. The second kappa shape index (κ2) is 4.31. The highest BCUT2D eigenvalue weighted by Crippen LogP contribution is 2.23. The average molecular weight is 301 g/mol. The van der Waals surface area contributed by atoms with Crippen LogP contribution in [-0.2, 0) is 6.42 Å². The monoisotopic (exact) mass is 301 g/mol. The van der Waals surface area contributed by atoms with Gasteiger partial charge in [0.05, 0.1) is 6.26 Å². The second-order valence-electron chi connectivity index (χ2n) is 3.25. The van der Waals surface area contributed by atoms with Crippen molar-refractivity contribution in [2.24, 2.45) is 0 Å². The number of likely N-dealkylation sites (N-methyl/N-ethyl adjacent to an activating group) is 1.